The minimum atomic E-state index is -0.916. The number of amides is 1. The van der Waals surface area contributed by atoms with Gasteiger partial charge in [0.2, 0.25) is 11.7 Å². The highest BCUT2D eigenvalue weighted by Gasteiger charge is 2.60. The predicted molar refractivity (Wildman–Crippen MR) is 163 cm³/mol. The summed E-state index contributed by atoms with van der Waals surface area (Å²) >= 11 is 1.27. The van der Waals surface area contributed by atoms with E-state index in [9.17, 15) is 29.6 Å². The van der Waals surface area contributed by atoms with E-state index < -0.39 is 29.0 Å². The summed E-state index contributed by atoms with van der Waals surface area (Å²) < 4.78 is 7.33. The summed E-state index contributed by atoms with van der Waals surface area (Å²) in [6, 6.07) is 14.5. The van der Waals surface area contributed by atoms with Crippen LogP contribution in [0.2, 0.25) is 0 Å². The topological polar surface area (TPSA) is 157 Å². The molecule has 2 aliphatic rings. The average molecular weight is 624 g/mol. The van der Waals surface area contributed by atoms with Crippen LogP contribution in [0.4, 0.5) is 5.69 Å². The number of carbonyl (C=O) groups is 3. The summed E-state index contributed by atoms with van der Waals surface area (Å²) in [6.45, 7) is 3.28. The zero-order chi connectivity index (χ0) is 31.6. The Hall–Kier alpha value is -5.27. The fourth-order valence-electron chi connectivity index (χ4n) is 6.23. The quantitative estimate of drug-likeness (QED) is 0.0870. The van der Waals surface area contributed by atoms with E-state index >= 15 is 0 Å². The van der Waals surface area contributed by atoms with E-state index in [-0.39, 0.29) is 41.3 Å². The normalized spacial score (nSPS) is 19.9. The van der Waals surface area contributed by atoms with Crippen LogP contribution < -0.4 is 0 Å². The number of carbonyl (C=O) groups excluding carboxylic acids is 3. The van der Waals surface area contributed by atoms with Gasteiger partial charge < -0.3 is 14.7 Å². The molecule has 1 N–H and O–H groups in total. The molecule has 0 radical (unpaired) electrons. The van der Waals surface area contributed by atoms with Crippen LogP contribution in [0.1, 0.15) is 40.3 Å². The number of thiazole rings is 1. The number of nitrogens with zero attached hydrogens (tertiary/aromatic N) is 5. The molecule has 1 amide bonds. The Morgan fingerprint density at radius 1 is 1.16 bits per heavy atom. The highest BCUT2D eigenvalue weighted by molar-refractivity contribution is 7.18. The molecule has 3 aromatic heterocycles. The van der Waals surface area contributed by atoms with Crippen molar-refractivity contribution < 1.29 is 29.2 Å². The number of nitro benzene ring substituents is 1. The molecule has 5 aromatic rings. The Morgan fingerprint density at radius 3 is 2.64 bits per heavy atom. The monoisotopic (exact) mass is 623 g/mol. The molecule has 0 saturated carbocycles. The number of aliphatic hydroxyl groups is 1. The summed E-state index contributed by atoms with van der Waals surface area (Å²) in [5, 5.41) is 22.2. The molecule has 226 valence electrons. The van der Waals surface area contributed by atoms with Gasteiger partial charge in [-0.3, -0.25) is 29.1 Å². The molecule has 0 spiro atoms. The third-order valence-electron chi connectivity index (χ3n) is 8.43. The number of aromatic nitrogens is 3. The molecule has 0 aliphatic carbocycles. The molecular weight excluding hydrogens is 598 g/mol. The van der Waals surface area contributed by atoms with Crippen LogP contribution in [0.15, 0.2) is 79.0 Å². The molecule has 2 aliphatic heterocycles. The van der Waals surface area contributed by atoms with Crippen LogP contribution in [0.25, 0.3) is 21.3 Å². The van der Waals surface area contributed by atoms with Crippen molar-refractivity contribution in [1.29, 1.82) is 0 Å². The highest BCUT2D eigenvalue weighted by Crippen LogP contribution is 2.52. The maximum absolute atomic E-state index is 13.6. The first-order valence-corrected chi connectivity index (χ1v) is 15.0. The van der Waals surface area contributed by atoms with Gasteiger partial charge in [0.25, 0.3) is 5.69 Å². The third kappa shape index (κ3) is 4.59. The summed E-state index contributed by atoms with van der Waals surface area (Å²) in [5.41, 5.74) is 2.51. The van der Waals surface area contributed by atoms with Crippen molar-refractivity contribution in [3.05, 3.63) is 111 Å². The van der Waals surface area contributed by atoms with Crippen LogP contribution in [-0.4, -0.2) is 59.1 Å². The molecule has 1 saturated heterocycles. The maximum Gasteiger partial charge on any atom is 0.355 e. The fraction of sp³-hybridized carbons (Fsp3) is 0.219. The number of nitro groups is 1. The lowest BCUT2D eigenvalue weighted by molar-refractivity contribution is -0.384. The lowest BCUT2D eigenvalue weighted by Gasteiger charge is -2.46. The van der Waals surface area contributed by atoms with Crippen molar-refractivity contribution in [2.45, 2.75) is 32.6 Å². The molecule has 2 aromatic carbocycles. The molecule has 4 atom stereocenters. The molecule has 1 fully saturated rings. The number of hydrogen-bond acceptors (Lipinski definition) is 10. The lowest BCUT2D eigenvalue weighted by Crippen LogP contribution is -2.63. The number of benzene rings is 2. The summed E-state index contributed by atoms with van der Waals surface area (Å²) in [5.74, 6) is -2.41. The average Bonchev–Trinajstić information content (AvgIpc) is 3.69. The minimum absolute atomic E-state index is 0.0837. The van der Waals surface area contributed by atoms with Crippen LogP contribution in [0, 0.1) is 22.0 Å². The van der Waals surface area contributed by atoms with Gasteiger partial charge in [0.05, 0.1) is 33.4 Å². The number of β-lactam (4-membered cyclic amide) rings is 1. The summed E-state index contributed by atoms with van der Waals surface area (Å²) in [6.07, 6.45) is 3.91. The van der Waals surface area contributed by atoms with E-state index in [0.29, 0.717) is 26.4 Å². The van der Waals surface area contributed by atoms with Crippen molar-refractivity contribution in [3.63, 3.8) is 0 Å². The minimum Gasteiger partial charge on any atom is -0.456 e. The lowest BCUT2D eigenvalue weighted by atomic mass is 9.77. The number of para-hydroxylation sites is 1. The number of fused-ring (bicyclic) bond motifs is 3. The first-order chi connectivity index (χ1) is 21.6. The van der Waals surface area contributed by atoms with E-state index in [4.69, 9.17) is 4.74 Å². The molecule has 7 rings (SSSR count). The van der Waals surface area contributed by atoms with Gasteiger partial charge in [0.1, 0.15) is 29.2 Å². The molecular formula is C32H25N5O7S. The molecule has 13 heteroatoms. The van der Waals surface area contributed by atoms with Crippen LogP contribution in [0.3, 0.4) is 0 Å². The van der Waals surface area contributed by atoms with Crippen molar-refractivity contribution in [2.24, 2.45) is 11.8 Å². The van der Waals surface area contributed by atoms with Gasteiger partial charge in [-0.1, -0.05) is 25.1 Å². The highest BCUT2D eigenvalue weighted by atomic mass is 32.1. The summed E-state index contributed by atoms with van der Waals surface area (Å²) in [7, 11) is 0. The number of ketones is 1. The first kappa shape index (κ1) is 28.5. The first-order valence-electron chi connectivity index (χ1n) is 14.2. The number of aliphatic hydroxyl groups excluding tert-OH is 1. The van der Waals surface area contributed by atoms with E-state index in [1.807, 2.05) is 31.2 Å². The van der Waals surface area contributed by atoms with Gasteiger partial charge >= 0.3 is 5.97 Å². The van der Waals surface area contributed by atoms with Gasteiger partial charge in [-0.25, -0.2) is 9.78 Å². The number of pyridine rings is 1. The smallest absolute Gasteiger partial charge is 0.355 e. The number of hydrogen-bond donors (Lipinski definition) is 1. The van der Waals surface area contributed by atoms with Crippen molar-refractivity contribution in [3.8, 4) is 0 Å². The largest absolute Gasteiger partial charge is 0.456 e. The SMILES string of the molecule is C[C@@H](O)[C@H]1C(=O)N2C(C(=O)OCc3ccc([N+](=O)[O-])cc3)=C(c3cn4cnc(C(=O)c5cnc6ccccc6c5)c4s3)[C@H](C)[C@H]12. The Bertz CT molecular complexity index is 2080. The molecule has 5 heterocycles. The fourth-order valence-corrected chi connectivity index (χ4v) is 7.44. The second-order valence-corrected chi connectivity index (χ2v) is 12.2. The van der Waals surface area contributed by atoms with Crippen molar-refractivity contribution in [2.75, 3.05) is 0 Å². The van der Waals surface area contributed by atoms with Crippen molar-refractivity contribution in [1.82, 2.24) is 19.3 Å². The molecule has 45 heavy (non-hydrogen) atoms. The Morgan fingerprint density at radius 2 is 1.91 bits per heavy atom. The number of esters is 1. The van der Waals surface area contributed by atoms with Crippen LogP contribution in [0.5, 0.6) is 0 Å². The second-order valence-electron chi connectivity index (χ2n) is 11.2. The predicted octanol–water partition coefficient (Wildman–Crippen LogP) is 4.40. The number of ether oxygens (including phenoxy) is 1. The standard InChI is InChI=1S/C32H25N5O7S/c1-16-24(23-13-35-15-34-26(31(35)45-23)29(39)20-11-19-5-3-4-6-22(19)33-12-20)28(36-27(16)25(17(2)38)30(36)40)32(41)44-14-18-7-9-21(10-8-18)37(42)43/h3-13,15-17,25,27,38H,14H2,1-2H3/t16-,17+,25+,27+/m0/s1. The molecule has 0 unspecified atom stereocenters. The molecule has 12 nitrogen and oxygen atoms in total. The van der Waals surface area contributed by atoms with Gasteiger partial charge in [-0.15, -0.1) is 11.3 Å². The van der Waals surface area contributed by atoms with E-state index in [1.165, 1.54) is 53.0 Å². The Labute approximate surface area is 259 Å². The van der Waals surface area contributed by atoms with Gasteiger partial charge in [0.15, 0.2) is 0 Å². The number of non-ortho nitro benzene ring substituents is 1. The van der Waals surface area contributed by atoms with E-state index in [0.717, 1.165) is 10.9 Å². The second kappa shape index (κ2) is 10.7. The van der Waals surface area contributed by atoms with Gasteiger partial charge in [0, 0.05) is 47.0 Å². The van der Waals surface area contributed by atoms with Crippen LogP contribution >= 0.6 is 11.3 Å². The zero-order valence-electron chi connectivity index (χ0n) is 24.0. The van der Waals surface area contributed by atoms with E-state index in [1.54, 1.807) is 23.6 Å². The van der Waals surface area contributed by atoms with Gasteiger partial charge in [-0.05, 0) is 36.8 Å². The third-order valence-corrected chi connectivity index (χ3v) is 9.57. The zero-order valence-corrected chi connectivity index (χ0v) is 24.8. The number of rotatable bonds is 8. The van der Waals surface area contributed by atoms with Crippen LogP contribution in [-0.2, 0) is 20.9 Å². The summed E-state index contributed by atoms with van der Waals surface area (Å²) in [4.78, 5) is 62.3. The Balaban J connectivity index is 1.24. The molecule has 0 bridgehead atoms. The Kier molecular flexibility index (Phi) is 6.79. The number of imidazole rings is 1. The maximum atomic E-state index is 13.6. The van der Waals surface area contributed by atoms with E-state index in [2.05, 4.69) is 9.97 Å². The van der Waals surface area contributed by atoms with Crippen molar-refractivity contribution >= 4 is 56.0 Å². The van der Waals surface area contributed by atoms with Gasteiger partial charge in [-0.2, -0.15) is 0 Å².